The molecule has 1 saturated carbocycles. The summed E-state index contributed by atoms with van der Waals surface area (Å²) < 4.78 is 0. The molecule has 0 bridgehead atoms. The summed E-state index contributed by atoms with van der Waals surface area (Å²) in [7, 11) is 0. The quantitative estimate of drug-likeness (QED) is 0.799. The molecular weight excluding hydrogens is 262 g/mol. The number of rotatable bonds is 2. The van der Waals surface area contributed by atoms with Crippen LogP contribution in [0.4, 0.5) is 0 Å². The van der Waals surface area contributed by atoms with Gasteiger partial charge in [-0.25, -0.2) is 0 Å². The molecule has 0 unspecified atom stereocenters. The Morgan fingerprint density at radius 2 is 2.05 bits per heavy atom. The van der Waals surface area contributed by atoms with E-state index in [1.165, 1.54) is 38.5 Å². The molecule has 2 heterocycles. The van der Waals surface area contributed by atoms with Crippen molar-refractivity contribution >= 4 is 11.3 Å². The van der Waals surface area contributed by atoms with Crippen LogP contribution in [0.25, 0.3) is 0 Å². The van der Waals surface area contributed by atoms with Crippen molar-refractivity contribution in [2.24, 2.45) is 11.3 Å². The Morgan fingerprint density at radius 3 is 2.70 bits per heavy atom. The van der Waals surface area contributed by atoms with Crippen molar-refractivity contribution in [1.82, 2.24) is 5.32 Å². The van der Waals surface area contributed by atoms with Crippen molar-refractivity contribution in [3.8, 4) is 0 Å². The molecule has 1 spiro atoms. The lowest BCUT2D eigenvalue weighted by Crippen LogP contribution is -2.53. The average molecular weight is 292 g/mol. The first-order chi connectivity index (χ1) is 9.47. The largest absolute Gasteiger partial charge is 0.304 e. The Kier molecular flexibility index (Phi) is 3.75. The smallest absolute Gasteiger partial charge is 0.0533 e. The molecule has 1 N–H and O–H groups in total. The summed E-state index contributed by atoms with van der Waals surface area (Å²) in [6, 6.07) is 2.99. The van der Waals surface area contributed by atoms with E-state index < -0.39 is 0 Å². The van der Waals surface area contributed by atoms with E-state index >= 15 is 0 Å². The minimum Gasteiger partial charge on any atom is -0.304 e. The van der Waals surface area contributed by atoms with Gasteiger partial charge in [-0.3, -0.25) is 0 Å². The van der Waals surface area contributed by atoms with Crippen LogP contribution in [-0.4, -0.2) is 6.04 Å². The zero-order chi connectivity index (χ0) is 14.4. The van der Waals surface area contributed by atoms with Gasteiger partial charge >= 0.3 is 0 Å². The third-order valence-corrected chi connectivity index (χ3v) is 7.25. The normalized spacial score (nSPS) is 34.2. The molecule has 1 aliphatic carbocycles. The molecule has 0 amide bonds. The Hall–Kier alpha value is -0.340. The molecule has 1 aliphatic heterocycles. The molecule has 112 valence electrons. The molecule has 3 rings (SSSR count). The van der Waals surface area contributed by atoms with Crippen LogP contribution in [-0.2, 0) is 12.0 Å². The second-order valence-corrected chi connectivity index (χ2v) is 8.64. The maximum atomic E-state index is 3.97. The zero-order valence-corrected chi connectivity index (χ0v) is 14.3. The highest BCUT2D eigenvalue weighted by Crippen LogP contribution is 2.50. The van der Waals surface area contributed by atoms with Crippen molar-refractivity contribution in [3.63, 3.8) is 0 Å². The SMILES string of the molecule is CCC(C)(C)C1CCC2(CC1)N[C@@H](C)Cc1ccsc12. The third-order valence-electron chi connectivity index (χ3n) is 6.09. The van der Waals surface area contributed by atoms with Gasteiger partial charge in [0.2, 0.25) is 0 Å². The molecule has 1 nitrogen and oxygen atoms in total. The van der Waals surface area contributed by atoms with Gasteiger partial charge in [-0.1, -0.05) is 27.2 Å². The van der Waals surface area contributed by atoms with Crippen molar-refractivity contribution in [2.45, 2.75) is 77.8 Å². The van der Waals surface area contributed by atoms with E-state index in [2.05, 4.69) is 44.5 Å². The number of hydrogen-bond acceptors (Lipinski definition) is 2. The molecule has 20 heavy (non-hydrogen) atoms. The predicted molar refractivity (Wildman–Crippen MR) is 88.3 cm³/mol. The van der Waals surface area contributed by atoms with Gasteiger partial charge in [-0.05, 0) is 67.4 Å². The molecule has 0 aromatic carbocycles. The summed E-state index contributed by atoms with van der Waals surface area (Å²) in [6.45, 7) is 9.62. The summed E-state index contributed by atoms with van der Waals surface area (Å²) in [5.74, 6) is 0.903. The molecule has 0 radical (unpaired) electrons. The topological polar surface area (TPSA) is 12.0 Å². The lowest BCUT2D eigenvalue weighted by Gasteiger charge is -2.48. The summed E-state index contributed by atoms with van der Waals surface area (Å²) in [5.41, 5.74) is 2.44. The van der Waals surface area contributed by atoms with Gasteiger partial charge < -0.3 is 5.32 Å². The fourth-order valence-electron chi connectivity index (χ4n) is 4.39. The lowest BCUT2D eigenvalue weighted by atomic mass is 9.64. The van der Waals surface area contributed by atoms with E-state index in [1.807, 2.05) is 11.3 Å². The minimum atomic E-state index is 0.307. The number of fused-ring (bicyclic) bond motifs is 2. The van der Waals surface area contributed by atoms with Crippen LogP contribution in [0.2, 0.25) is 0 Å². The second-order valence-electron chi connectivity index (χ2n) is 7.72. The highest BCUT2D eigenvalue weighted by atomic mass is 32.1. The fraction of sp³-hybridized carbons (Fsp3) is 0.778. The molecule has 2 aliphatic rings. The summed E-state index contributed by atoms with van der Waals surface area (Å²) >= 11 is 1.98. The van der Waals surface area contributed by atoms with Crippen LogP contribution in [0.3, 0.4) is 0 Å². The van der Waals surface area contributed by atoms with Crippen molar-refractivity contribution < 1.29 is 0 Å². The Bertz CT molecular complexity index is 466. The standard InChI is InChI=1S/C18H29NS/c1-5-17(3,4)15-6-9-18(10-7-15)16-14(8-11-20-16)12-13(2)19-18/h8,11,13,15,19H,5-7,9-10,12H2,1-4H3/t13-,15?,18?/m0/s1. The Morgan fingerprint density at radius 1 is 1.35 bits per heavy atom. The van der Waals surface area contributed by atoms with E-state index in [9.17, 15) is 0 Å². The van der Waals surface area contributed by atoms with Gasteiger partial charge in [0.05, 0.1) is 5.54 Å². The van der Waals surface area contributed by atoms with Crippen LogP contribution in [0.5, 0.6) is 0 Å². The molecular formula is C18H29NS. The molecule has 1 aromatic heterocycles. The van der Waals surface area contributed by atoms with E-state index in [4.69, 9.17) is 0 Å². The van der Waals surface area contributed by atoms with Crippen LogP contribution >= 0.6 is 11.3 Å². The summed E-state index contributed by atoms with van der Waals surface area (Å²) in [4.78, 5) is 1.66. The average Bonchev–Trinajstić information content (AvgIpc) is 2.88. The van der Waals surface area contributed by atoms with Crippen LogP contribution in [0.1, 0.15) is 70.2 Å². The maximum Gasteiger partial charge on any atom is 0.0533 e. The molecule has 1 aromatic rings. The first-order valence-electron chi connectivity index (χ1n) is 8.31. The molecule has 1 atom stereocenters. The van der Waals surface area contributed by atoms with Gasteiger partial charge in [0.15, 0.2) is 0 Å². The van der Waals surface area contributed by atoms with Gasteiger partial charge in [0.25, 0.3) is 0 Å². The van der Waals surface area contributed by atoms with Gasteiger partial charge in [0.1, 0.15) is 0 Å². The number of nitrogens with one attached hydrogen (secondary N) is 1. The van der Waals surface area contributed by atoms with E-state index in [1.54, 1.807) is 10.4 Å². The maximum absolute atomic E-state index is 3.97. The summed E-state index contributed by atoms with van der Waals surface area (Å²) in [6.07, 6.45) is 7.96. The van der Waals surface area contributed by atoms with E-state index in [-0.39, 0.29) is 0 Å². The lowest BCUT2D eigenvalue weighted by molar-refractivity contribution is 0.0894. The van der Waals surface area contributed by atoms with Crippen LogP contribution in [0, 0.1) is 11.3 Å². The number of thiophene rings is 1. The number of hydrogen-bond donors (Lipinski definition) is 1. The van der Waals surface area contributed by atoms with E-state index in [0.717, 1.165) is 5.92 Å². The van der Waals surface area contributed by atoms with Crippen molar-refractivity contribution in [3.05, 3.63) is 21.9 Å². The first kappa shape index (κ1) is 14.6. The first-order valence-corrected chi connectivity index (χ1v) is 9.19. The Labute approximate surface area is 128 Å². The van der Waals surface area contributed by atoms with Gasteiger partial charge in [-0.15, -0.1) is 11.3 Å². The molecule has 0 saturated heterocycles. The molecule has 1 fully saturated rings. The minimum absolute atomic E-state index is 0.307. The highest BCUT2D eigenvalue weighted by molar-refractivity contribution is 7.10. The van der Waals surface area contributed by atoms with Crippen LogP contribution in [0.15, 0.2) is 11.4 Å². The Balaban J connectivity index is 1.81. The fourth-order valence-corrected chi connectivity index (χ4v) is 5.55. The molecule has 2 heteroatoms. The van der Waals surface area contributed by atoms with Gasteiger partial charge in [-0.2, -0.15) is 0 Å². The second kappa shape index (κ2) is 5.14. The third kappa shape index (κ3) is 2.35. The summed E-state index contributed by atoms with van der Waals surface area (Å²) in [5, 5.41) is 6.27. The van der Waals surface area contributed by atoms with Crippen molar-refractivity contribution in [1.29, 1.82) is 0 Å². The van der Waals surface area contributed by atoms with Crippen molar-refractivity contribution in [2.75, 3.05) is 0 Å². The monoisotopic (exact) mass is 291 g/mol. The zero-order valence-electron chi connectivity index (χ0n) is 13.5. The predicted octanol–water partition coefficient (Wildman–Crippen LogP) is 5.10. The highest BCUT2D eigenvalue weighted by Gasteiger charge is 2.44. The van der Waals surface area contributed by atoms with Gasteiger partial charge in [0, 0.05) is 10.9 Å². The van der Waals surface area contributed by atoms with E-state index in [0.29, 0.717) is 17.0 Å². The van der Waals surface area contributed by atoms with Crippen LogP contribution < -0.4 is 5.32 Å².